The third-order valence-corrected chi connectivity index (χ3v) is 8.07. The highest BCUT2D eigenvalue weighted by Gasteiger charge is 2.45. The van der Waals surface area contributed by atoms with Gasteiger partial charge in [0.15, 0.2) is 0 Å². The molecule has 322 valence electrons. The standard InChI is InChI=1S/C20H36N2O6.C20H34N2O6/c2*1-9-26-15(23)10-11-20(8)14-21(16(24)27-18(2,3)4)12-13-22(20)17(25)28-19(5,6)7/h9-14H2,1-8H3;10-11H,9,12-14H2,1-8H3/b;11-10+. The zero-order valence-electron chi connectivity index (χ0n) is 36.9. The van der Waals surface area contributed by atoms with Crippen molar-refractivity contribution >= 4 is 36.3 Å². The van der Waals surface area contributed by atoms with E-state index in [4.69, 9.17) is 28.4 Å². The number of rotatable bonds is 7. The summed E-state index contributed by atoms with van der Waals surface area (Å²) in [5.41, 5.74) is -4.27. The molecule has 16 heteroatoms. The molecule has 2 aliphatic rings. The van der Waals surface area contributed by atoms with Crippen LogP contribution >= 0.6 is 0 Å². The van der Waals surface area contributed by atoms with Gasteiger partial charge in [0.05, 0.1) is 30.8 Å². The largest absolute Gasteiger partial charge is 0.466 e. The molecular formula is C40H70N4O12. The van der Waals surface area contributed by atoms with Crippen molar-refractivity contribution < 1.29 is 57.2 Å². The number of amides is 4. The number of esters is 2. The van der Waals surface area contributed by atoms with Crippen molar-refractivity contribution in [1.82, 2.24) is 19.6 Å². The molecule has 2 fully saturated rings. The molecule has 0 N–H and O–H groups in total. The van der Waals surface area contributed by atoms with Gasteiger partial charge < -0.3 is 38.2 Å². The molecule has 0 spiro atoms. The van der Waals surface area contributed by atoms with E-state index >= 15 is 0 Å². The third-order valence-electron chi connectivity index (χ3n) is 8.07. The van der Waals surface area contributed by atoms with Gasteiger partial charge >= 0.3 is 36.3 Å². The van der Waals surface area contributed by atoms with Gasteiger partial charge in [-0.05, 0) is 117 Å². The lowest BCUT2D eigenvalue weighted by atomic mass is 9.91. The molecule has 4 amide bonds. The lowest BCUT2D eigenvalue weighted by molar-refractivity contribution is -0.144. The average Bonchev–Trinajstić information content (AvgIpc) is 3.00. The fourth-order valence-corrected chi connectivity index (χ4v) is 5.70. The predicted octanol–water partition coefficient (Wildman–Crippen LogP) is 6.93. The molecule has 0 bridgehead atoms. The van der Waals surface area contributed by atoms with Crippen molar-refractivity contribution in [3.05, 3.63) is 12.2 Å². The van der Waals surface area contributed by atoms with E-state index in [1.54, 1.807) is 99.0 Å². The van der Waals surface area contributed by atoms with Crippen LogP contribution in [0, 0.1) is 0 Å². The summed E-state index contributed by atoms with van der Waals surface area (Å²) in [4.78, 5) is 80.4. The van der Waals surface area contributed by atoms with Crippen LogP contribution in [0.5, 0.6) is 0 Å². The summed E-state index contributed by atoms with van der Waals surface area (Å²) in [6, 6.07) is 0. The molecule has 0 radical (unpaired) electrons. The van der Waals surface area contributed by atoms with Crippen molar-refractivity contribution in [2.24, 2.45) is 0 Å². The van der Waals surface area contributed by atoms with Crippen LogP contribution in [0.15, 0.2) is 12.2 Å². The van der Waals surface area contributed by atoms with Crippen LogP contribution < -0.4 is 0 Å². The molecule has 2 aliphatic heterocycles. The van der Waals surface area contributed by atoms with Gasteiger partial charge in [-0.3, -0.25) is 14.6 Å². The topological polar surface area (TPSA) is 171 Å². The fraction of sp³-hybridized carbons (Fsp3) is 0.800. The van der Waals surface area contributed by atoms with Crippen LogP contribution in [-0.2, 0) is 38.0 Å². The van der Waals surface area contributed by atoms with E-state index in [2.05, 4.69) is 0 Å². The monoisotopic (exact) mass is 798 g/mol. The number of piperazine rings is 2. The molecule has 0 aromatic heterocycles. The van der Waals surface area contributed by atoms with Gasteiger partial charge in [-0.2, -0.15) is 0 Å². The summed E-state index contributed by atoms with van der Waals surface area (Å²) in [6.45, 7) is 30.8. The molecule has 2 saturated heterocycles. The van der Waals surface area contributed by atoms with Crippen molar-refractivity contribution in [2.75, 3.05) is 52.5 Å². The van der Waals surface area contributed by atoms with Crippen LogP contribution in [0.1, 0.15) is 124 Å². The quantitative estimate of drug-likeness (QED) is 0.148. The molecule has 0 aliphatic carbocycles. The van der Waals surface area contributed by atoms with E-state index in [1.807, 2.05) is 27.7 Å². The molecule has 16 nitrogen and oxygen atoms in total. The zero-order chi connectivity index (χ0) is 43.5. The van der Waals surface area contributed by atoms with Gasteiger partial charge in [0.1, 0.15) is 22.4 Å². The summed E-state index contributed by atoms with van der Waals surface area (Å²) in [5.74, 6) is -0.843. The Morgan fingerprint density at radius 1 is 0.554 bits per heavy atom. The van der Waals surface area contributed by atoms with Crippen molar-refractivity contribution in [3.8, 4) is 0 Å². The maximum absolute atomic E-state index is 12.8. The molecule has 2 heterocycles. The van der Waals surface area contributed by atoms with Crippen LogP contribution in [0.4, 0.5) is 19.2 Å². The molecule has 2 rings (SSSR count). The molecule has 2 atom stereocenters. The van der Waals surface area contributed by atoms with Gasteiger partial charge in [0.2, 0.25) is 0 Å². The summed E-state index contributed by atoms with van der Waals surface area (Å²) in [7, 11) is 0. The summed E-state index contributed by atoms with van der Waals surface area (Å²) >= 11 is 0. The Morgan fingerprint density at radius 2 is 0.946 bits per heavy atom. The second kappa shape index (κ2) is 19.8. The highest BCUT2D eigenvalue weighted by Crippen LogP contribution is 2.30. The number of hydrogen-bond acceptors (Lipinski definition) is 12. The first-order valence-electron chi connectivity index (χ1n) is 19.3. The van der Waals surface area contributed by atoms with Gasteiger partial charge in [-0.25, -0.2) is 24.0 Å². The lowest BCUT2D eigenvalue weighted by Crippen LogP contribution is -2.64. The van der Waals surface area contributed by atoms with Crippen molar-refractivity contribution in [2.45, 2.75) is 157 Å². The number of ether oxygens (including phenoxy) is 6. The molecule has 0 saturated carbocycles. The second-order valence-corrected chi connectivity index (χ2v) is 18.3. The fourth-order valence-electron chi connectivity index (χ4n) is 5.70. The first-order valence-corrected chi connectivity index (χ1v) is 19.3. The SMILES string of the molecule is CCOC(=O)/C=C/C1(C)CN(C(=O)OC(C)(C)C)CCN1C(=O)OC(C)(C)C.CCOC(=O)CCC1(C)CN(C(=O)OC(C)(C)C)CCN1C(=O)OC(C)(C)C. The van der Waals surface area contributed by atoms with E-state index in [9.17, 15) is 28.8 Å². The van der Waals surface area contributed by atoms with Crippen molar-refractivity contribution in [1.29, 1.82) is 0 Å². The molecule has 56 heavy (non-hydrogen) atoms. The van der Waals surface area contributed by atoms with Gasteiger partial charge in [0, 0.05) is 45.2 Å². The van der Waals surface area contributed by atoms with E-state index in [0.717, 1.165) is 0 Å². The van der Waals surface area contributed by atoms with E-state index in [1.165, 1.54) is 15.9 Å². The summed E-state index contributed by atoms with van der Waals surface area (Å²) < 4.78 is 31.9. The Morgan fingerprint density at radius 3 is 1.38 bits per heavy atom. The van der Waals surface area contributed by atoms with Crippen molar-refractivity contribution in [3.63, 3.8) is 0 Å². The Kier molecular flexibility index (Phi) is 17.6. The maximum atomic E-state index is 12.8. The predicted molar refractivity (Wildman–Crippen MR) is 210 cm³/mol. The number of hydrogen-bond donors (Lipinski definition) is 0. The van der Waals surface area contributed by atoms with Gasteiger partial charge in [0.25, 0.3) is 0 Å². The van der Waals surface area contributed by atoms with Crippen LogP contribution in [-0.4, -0.2) is 142 Å². The number of carbonyl (C=O) groups excluding carboxylic acids is 6. The van der Waals surface area contributed by atoms with Gasteiger partial charge in [-0.1, -0.05) is 6.08 Å². The van der Waals surface area contributed by atoms with Crippen LogP contribution in [0.25, 0.3) is 0 Å². The number of carbonyl (C=O) groups is 6. The minimum absolute atomic E-state index is 0.145. The molecular weight excluding hydrogens is 728 g/mol. The minimum atomic E-state index is -0.954. The van der Waals surface area contributed by atoms with E-state index in [-0.39, 0.29) is 38.6 Å². The van der Waals surface area contributed by atoms with Crippen LogP contribution in [0.3, 0.4) is 0 Å². The summed E-state index contributed by atoms with van der Waals surface area (Å²) in [6.07, 6.45) is 1.49. The zero-order valence-corrected chi connectivity index (χ0v) is 36.9. The highest BCUT2D eigenvalue weighted by atomic mass is 16.6. The van der Waals surface area contributed by atoms with Gasteiger partial charge in [-0.15, -0.1) is 0 Å². The Bertz CT molecular complexity index is 1410. The second-order valence-electron chi connectivity index (χ2n) is 18.3. The van der Waals surface area contributed by atoms with E-state index < -0.39 is 63.8 Å². The number of nitrogens with zero attached hydrogens (tertiary/aromatic N) is 4. The smallest absolute Gasteiger partial charge is 0.411 e. The molecule has 0 aromatic carbocycles. The van der Waals surface area contributed by atoms with E-state index in [0.29, 0.717) is 32.7 Å². The average molecular weight is 799 g/mol. The Labute approximate surface area is 334 Å². The Hall–Kier alpha value is -4.24. The first kappa shape index (κ1) is 49.8. The third kappa shape index (κ3) is 17.7. The maximum Gasteiger partial charge on any atom is 0.411 e. The highest BCUT2D eigenvalue weighted by molar-refractivity contribution is 5.82. The first-order chi connectivity index (χ1) is 25.3. The Balaban J connectivity index is 0.000000560. The summed E-state index contributed by atoms with van der Waals surface area (Å²) in [5, 5.41) is 0. The lowest BCUT2D eigenvalue weighted by Gasteiger charge is -2.48. The molecule has 2 unspecified atom stereocenters. The normalized spacial score (nSPS) is 20.7. The minimum Gasteiger partial charge on any atom is -0.466 e. The molecule has 0 aromatic rings. The van der Waals surface area contributed by atoms with Crippen LogP contribution in [0.2, 0.25) is 0 Å².